The molecular weight excluding hydrogens is 236 g/mol. The predicted molar refractivity (Wildman–Crippen MR) is 56.8 cm³/mol. The number of imide groups is 1. The van der Waals surface area contributed by atoms with Crippen molar-refractivity contribution < 1.29 is 23.3 Å². The van der Waals surface area contributed by atoms with Crippen molar-refractivity contribution in [1.82, 2.24) is 5.32 Å². The number of methoxy groups -OCH3 is 1. The van der Waals surface area contributed by atoms with E-state index in [1.807, 2.05) is 0 Å². The first-order chi connectivity index (χ1) is 7.36. The maximum atomic E-state index is 11.4. The van der Waals surface area contributed by atoms with Crippen molar-refractivity contribution in [2.75, 3.05) is 18.6 Å². The molecule has 7 nitrogen and oxygen atoms in total. The molecule has 0 saturated heterocycles. The Bertz CT molecular complexity index is 318. The first-order valence-corrected chi connectivity index (χ1v) is 5.87. The molecule has 0 saturated carbocycles. The van der Waals surface area contributed by atoms with Gasteiger partial charge in [0, 0.05) is 16.6 Å². The summed E-state index contributed by atoms with van der Waals surface area (Å²) in [5.74, 6) is -2.16. The van der Waals surface area contributed by atoms with Gasteiger partial charge in [0.25, 0.3) is 0 Å². The number of esters is 1. The Morgan fingerprint density at radius 3 is 2.44 bits per heavy atom. The molecule has 0 fully saturated rings. The quantitative estimate of drug-likeness (QED) is 0.591. The Labute approximate surface area is 95.2 Å². The van der Waals surface area contributed by atoms with Crippen LogP contribution in [0.5, 0.6) is 0 Å². The van der Waals surface area contributed by atoms with Crippen LogP contribution in [0.3, 0.4) is 0 Å². The van der Waals surface area contributed by atoms with Crippen molar-refractivity contribution in [1.29, 1.82) is 0 Å². The molecule has 3 amide bonds. The van der Waals surface area contributed by atoms with Crippen LogP contribution in [-0.2, 0) is 25.1 Å². The molecule has 0 aliphatic heterocycles. The van der Waals surface area contributed by atoms with Gasteiger partial charge in [-0.25, -0.2) is 4.79 Å². The Morgan fingerprint density at radius 1 is 1.44 bits per heavy atom. The van der Waals surface area contributed by atoms with Crippen molar-refractivity contribution in [3.63, 3.8) is 0 Å². The van der Waals surface area contributed by atoms with Crippen LogP contribution in [0.2, 0.25) is 0 Å². The van der Waals surface area contributed by atoms with Gasteiger partial charge in [-0.15, -0.1) is 0 Å². The van der Waals surface area contributed by atoms with Gasteiger partial charge >= 0.3 is 12.0 Å². The molecule has 92 valence electrons. The van der Waals surface area contributed by atoms with Crippen molar-refractivity contribution in [2.45, 2.75) is 6.92 Å². The van der Waals surface area contributed by atoms with Crippen LogP contribution in [0.25, 0.3) is 0 Å². The van der Waals surface area contributed by atoms with Crippen LogP contribution in [0.1, 0.15) is 6.92 Å². The smallest absolute Gasteiger partial charge is 0.318 e. The second kappa shape index (κ2) is 6.94. The number of ether oxygens (including phenoxy) is 1. The first kappa shape index (κ1) is 14.6. The molecule has 0 aromatic heterocycles. The molecule has 16 heavy (non-hydrogen) atoms. The molecule has 0 aromatic rings. The SMILES string of the molecule is COC(=O)C(C)CS(=O)CC(=O)NC(N)=O. The second-order valence-corrected chi connectivity index (χ2v) is 4.59. The third kappa shape index (κ3) is 6.12. The molecule has 0 spiro atoms. The number of urea groups is 1. The highest BCUT2D eigenvalue weighted by Gasteiger charge is 2.18. The highest BCUT2D eigenvalue weighted by molar-refractivity contribution is 7.85. The zero-order chi connectivity index (χ0) is 12.7. The van der Waals surface area contributed by atoms with Gasteiger partial charge in [-0.05, 0) is 0 Å². The molecule has 0 radical (unpaired) electrons. The Hall–Kier alpha value is -1.44. The van der Waals surface area contributed by atoms with E-state index < -0.39 is 34.6 Å². The minimum atomic E-state index is -1.54. The van der Waals surface area contributed by atoms with Crippen LogP contribution in [0, 0.1) is 5.92 Å². The van der Waals surface area contributed by atoms with Crippen molar-refractivity contribution in [3.8, 4) is 0 Å². The monoisotopic (exact) mass is 250 g/mol. The molecule has 0 rings (SSSR count). The topological polar surface area (TPSA) is 116 Å². The molecule has 0 aromatic carbocycles. The Balaban J connectivity index is 4.04. The van der Waals surface area contributed by atoms with Gasteiger partial charge in [0.2, 0.25) is 5.91 Å². The fourth-order valence-corrected chi connectivity index (χ4v) is 2.10. The van der Waals surface area contributed by atoms with Gasteiger partial charge in [-0.1, -0.05) is 6.92 Å². The lowest BCUT2D eigenvalue weighted by molar-refractivity contribution is -0.144. The summed E-state index contributed by atoms with van der Waals surface area (Å²) in [5, 5.41) is 1.78. The summed E-state index contributed by atoms with van der Waals surface area (Å²) in [4.78, 5) is 32.2. The van der Waals surface area contributed by atoms with E-state index in [0.717, 1.165) is 0 Å². The molecule has 0 heterocycles. The number of carbonyl (C=O) groups is 3. The molecule has 2 unspecified atom stereocenters. The highest BCUT2D eigenvalue weighted by Crippen LogP contribution is 2.00. The maximum Gasteiger partial charge on any atom is 0.318 e. The number of amides is 3. The number of hydrogen-bond donors (Lipinski definition) is 2. The number of nitrogens with one attached hydrogen (secondary N) is 1. The van der Waals surface area contributed by atoms with E-state index in [0.29, 0.717) is 0 Å². The number of hydrogen-bond acceptors (Lipinski definition) is 5. The van der Waals surface area contributed by atoms with Gasteiger partial charge in [-0.3, -0.25) is 19.1 Å². The molecule has 3 N–H and O–H groups in total. The van der Waals surface area contributed by atoms with E-state index in [9.17, 15) is 18.6 Å². The normalized spacial score (nSPS) is 13.6. The largest absolute Gasteiger partial charge is 0.469 e. The van der Waals surface area contributed by atoms with Crippen molar-refractivity contribution in [2.24, 2.45) is 11.7 Å². The highest BCUT2D eigenvalue weighted by atomic mass is 32.2. The van der Waals surface area contributed by atoms with Crippen molar-refractivity contribution in [3.05, 3.63) is 0 Å². The lowest BCUT2D eigenvalue weighted by Gasteiger charge is -2.08. The summed E-state index contributed by atoms with van der Waals surface area (Å²) < 4.78 is 15.8. The van der Waals surface area contributed by atoms with E-state index in [1.54, 1.807) is 5.32 Å². The van der Waals surface area contributed by atoms with Gasteiger partial charge in [0.1, 0.15) is 5.75 Å². The standard InChI is InChI=1S/C8H14N2O5S/c1-5(7(12)15-2)3-16(14)4-6(11)10-8(9)13/h5H,3-4H2,1-2H3,(H3,9,10,11,13). The lowest BCUT2D eigenvalue weighted by atomic mass is 10.2. The number of nitrogens with two attached hydrogens (primary N) is 1. The summed E-state index contributed by atoms with van der Waals surface area (Å²) in [7, 11) is -0.316. The van der Waals surface area contributed by atoms with Gasteiger partial charge in [-0.2, -0.15) is 0 Å². The van der Waals surface area contributed by atoms with Crippen LogP contribution >= 0.6 is 0 Å². The van der Waals surface area contributed by atoms with E-state index in [2.05, 4.69) is 4.74 Å². The molecule has 0 aliphatic carbocycles. The first-order valence-electron chi connectivity index (χ1n) is 4.39. The summed E-state index contributed by atoms with van der Waals surface area (Å²) in [6, 6.07) is -0.997. The van der Waals surface area contributed by atoms with E-state index in [4.69, 9.17) is 5.73 Å². The minimum Gasteiger partial charge on any atom is -0.469 e. The van der Waals surface area contributed by atoms with E-state index in [1.165, 1.54) is 14.0 Å². The second-order valence-electron chi connectivity index (χ2n) is 3.09. The summed E-state index contributed by atoms with van der Waals surface area (Å²) in [5.41, 5.74) is 4.70. The van der Waals surface area contributed by atoms with Gasteiger partial charge in [0.05, 0.1) is 13.0 Å². The number of rotatable bonds is 5. The predicted octanol–water partition coefficient (Wildman–Crippen LogP) is -1.26. The van der Waals surface area contributed by atoms with Gasteiger partial charge in [0.15, 0.2) is 0 Å². The van der Waals surface area contributed by atoms with Crippen molar-refractivity contribution >= 4 is 28.7 Å². The van der Waals surface area contributed by atoms with Crippen LogP contribution in [0.15, 0.2) is 0 Å². The third-order valence-corrected chi connectivity index (χ3v) is 3.05. The molecular formula is C8H14N2O5S. The summed E-state index contributed by atoms with van der Waals surface area (Å²) in [6.07, 6.45) is 0. The lowest BCUT2D eigenvalue weighted by Crippen LogP contribution is -2.38. The van der Waals surface area contributed by atoms with Crippen LogP contribution in [-0.4, -0.2) is 40.7 Å². The fourth-order valence-electron chi connectivity index (χ4n) is 0.927. The zero-order valence-electron chi connectivity index (χ0n) is 9.02. The van der Waals surface area contributed by atoms with E-state index >= 15 is 0 Å². The summed E-state index contributed by atoms with van der Waals surface area (Å²) in [6.45, 7) is 1.54. The van der Waals surface area contributed by atoms with E-state index in [-0.39, 0.29) is 11.5 Å². The van der Waals surface area contributed by atoms with Crippen LogP contribution < -0.4 is 11.1 Å². The number of primary amides is 1. The average molecular weight is 250 g/mol. The zero-order valence-corrected chi connectivity index (χ0v) is 9.83. The summed E-state index contributed by atoms with van der Waals surface area (Å²) >= 11 is 0. The third-order valence-electron chi connectivity index (χ3n) is 1.59. The van der Waals surface area contributed by atoms with Gasteiger partial charge < -0.3 is 10.5 Å². The minimum absolute atomic E-state index is 0.00114. The van der Waals surface area contributed by atoms with Crippen LogP contribution in [0.4, 0.5) is 4.79 Å². The molecule has 0 bridgehead atoms. The molecule has 2 atom stereocenters. The fraction of sp³-hybridized carbons (Fsp3) is 0.625. The maximum absolute atomic E-state index is 11.4. The Kier molecular flexibility index (Phi) is 6.31. The molecule has 8 heteroatoms. The molecule has 0 aliphatic rings. The average Bonchev–Trinajstić information content (AvgIpc) is 2.14. The number of carbonyl (C=O) groups excluding carboxylic acids is 3. The Morgan fingerprint density at radius 2 is 2.00 bits per heavy atom.